The van der Waals surface area contributed by atoms with Crippen LogP contribution in [-0.2, 0) is 19.1 Å². The van der Waals surface area contributed by atoms with Crippen LogP contribution in [0.1, 0.15) is 65.2 Å². The van der Waals surface area contributed by atoms with Crippen molar-refractivity contribution in [3.05, 3.63) is 23.3 Å². The standard InChI is InChI=1S/C25H34O5/c1-15(27)30-18-7-10-25(14-26)17(12-18)3-4-19-21-6-5-20(16-11-23(28)29-13-16)24(21,2)9-8-22(19)25/h6,11,17-20,22,26H,3-5,7-10,12-14H2,1-2H3/t17-,18-,19-,20+,22-,24+,25+/m0/s1. The summed E-state index contributed by atoms with van der Waals surface area (Å²) in [6.07, 6.45) is 12.4. The average Bonchev–Trinajstić information content (AvgIpc) is 3.29. The Morgan fingerprint density at radius 1 is 1.27 bits per heavy atom. The summed E-state index contributed by atoms with van der Waals surface area (Å²) in [4.78, 5) is 23.1. The molecule has 0 radical (unpaired) electrons. The lowest BCUT2D eigenvalue weighted by molar-refractivity contribution is -0.160. The lowest BCUT2D eigenvalue weighted by Crippen LogP contribution is -2.55. The highest BCUT2D eigenvalue weighted by Gasteiger charge is 2.59. The van der Waals surface area contributed by atoms with Crippen molar-refractivity contribution in [1.82, 2.24) is 0 Å². The summed E-state index contributed by atoms with van der Waals surface area (Å²) in [5.41, 5.74) is 2.82. The van der Waals surface area contributed by atoms with Crippen LogP contribution in [0.2, 0.25) is 0 Å². The molecule has 0 spiro atoms. The topological polar surface area (TPSA) is 72.8 Å². The van der Waals surface area contributed by atoms with Gasteiger partial charge in [0.05, 0.1) is 0 Å². The van der Waals surface area contributed by atoms with Crippen molar-refractivity contribution in [2.45, 2.75) is 71.3 Å². The predicted molar refractivity (Wildman–Crippen MR) is 111 cm³/mol. The predicted octanol–water partition coefficient (Wildman–Crippen LogP) is 3.95. The summed E-state index contributed by atoms with van der Waals surface area (Å²) >= 11 is 0. The van der Waals surface area contributed by atoms with Crippen LogP contribution in [-0.4, -0.2) is 36.4 Å². The van der Waals surface area contributed by atoms with E-state index < -0.39 is 0 Å². The van der Waals surface area contributed by atoms with E-state index in [1.54, 1.807) is 11.6 Å². The van der Waals surface area contributed by atoms with Crippen LogP contribution in [0.25, 0.3) is 0 Å². The number of carbonyl (C=O) groups excluding carboxylic acids is 2. The second kappa shape index (κ2) is 7.22. The van der Waals surface area contributed by atoms with E-state index in [-0.39, 0.29) is 35.5 Å². The Morgan fingerprint density at radius 3 is 2.80 bits per heavy atom. The molecule has 0 aromatic carbocycles. The maximum absolute atomic E-state index is 11.7. The molecule has 1 N–H and O–H groups in total. The van der Waals surface area contributed by atoms with Crippen molar-refractivity contribution in [2.24, 2.45) is 34.5 Å². The fraction of sp³-hybridized carbons (Fsp3) is 0.760. The van der Waals surface area contributed by atoms with Gasteiger partial charge >= 0.3 is 11.9 Å². The van der Waals surface area contributed by atoms with E-state index in [2.05, 4.69) is 13.0 Å². The van der Waals surface area contributed by atoms with Crippen LogP contribution in [0.3, 0.4) is 0 Å². The fourth-order valence-electron chi connectivity index (χ4n) is 8.15. The molecule has 5 rings (SSSR count). The Balaban J connectivity index is 1.39. The summed E-state index contributed by atoms with van der Waals surface area (Å²) in [6, 6.07) is 0. The molecular formula is C25H34O5. The number of rotatable bonds is 3. The van der Waals surface area contributed by atoms with Gasteiger partial charge in [0.15, 0.2) is 0 Å². The summed E-state index contributed by atoms with van der Waals surface area (Å²) in [7, 11) is 0. The van der Waals surface area contributed by atoms with Gasteiger partial charge in [0.25, 0.3) is 0 Å². The maximum atomic E-state index is 11.7. The maximum Gasteiger partial charge on any atom is 0.331 e. The Kier molecular flexibility index (Phi) is 4.88. The van der Waals surface area contributed by atoms with Crippen LogP contribution in [0.15, 0.2) is 23.3 Å². The zero-order valence-corrected chi connectivity index (χ0v) is 18.2. The molecular weight excluding hydrogens is 380 g/mol. The first-order chi connectivity index (χ1) is 14.4. The third-order valence-electron chi connectivity index (χ3n) is 9.48. The smallest absolute Gasteiger partial charge is 0.331 e. The molecule has 4 aliphatic carbocycles. The number of hydrogen-bond acceptors (Lipinski definition) is 5. The van der Waals surface area contributed by atoms with E-state index in [9.17, 15) is 14.7 Å². The van der Waals surface area contributed by atoms with Crippen molar-refractivity contribution >= 4 is 11.9 Å². The monoisotopic (exact) mass is 414 g/mol. The van der Waals surface area contributed by atoms with E-state index in [0.717, 1.165) is 51.4 Å². The van der Waals surface area contributed by atoms with E-state index in [1.807, 2.05) is 0 Å². The minimum Gasteiger partial charge on any atom is -0.463 e. The zero-order chi connectivity index (χ0) is 21.1. The van der Waals surface area contributed by atoms with Gasteiger partial charge in [-0.15, -0.1) is 0 Å². The molecule has 0 aromatic heterocycles. The number of cyclic esters (lactones) is 1. The molecule has 5 heteroatoms. The van der Waals surface area contributed by atoms with E-state index >= 15 is 0 Å². The van der Waals surface area contributed by atoms with Crippen molar-refractivity contribution in [2.75, 3.05) is 13.2 Å². The lowest BCUT2D eigenvalue weighted by atomic mass is 9.45. The molecule has 0 amide bonds. The Bertz CT molecular complexity index is 812. The van der Waals surface area contributed by atoms with Gasteiger partial charge in [-0.2, -0.15) is 0 Å². The normalized spacial score (nSPS) is 44.9. The van der Waals surface area contributed by atoms with Crippen LogP contribution in [0, 0.1) is 34.5 Å². The SMILES string of the molecule is CC(=O)O[C@H]1CC[C@@]2(CO)[C@@H](CC[C@H]3C4=CC[C@H](C5=CC(=O)OC5)[C@@]4(C)CC[C@@H]32)C1. The number of allylic oxidation sites excluding steroid dienone is 2. The number of fused-ring (bicyclic) bond motifs is 5. The van der Waals surface area contributed by atoms with Crippen LogP contribution in [0.5, 0.6) is 0 Å². The molecule has 164 valence electrons. The molecule has 5 aliphatic rings. The van der Waals surface area contributed by atoms with E-state index in [1.165, 1.54) is 12.5 Å². The number of aliphatic hydroxyl groups is 1. The van der Waals surface area contributed by atoms with Gasteiger partial charge in [-0.25, -0.2) is 4.79 Å². The van der Waals surface area contributed by atoms with Gasteiger partial charge in [0, 0.05) is 19.6 Å². The number of esters is 2. The Labute approximate surface area is 178 Å². The highest BCUT2D eigenvalue weighted by Crippen LogP contribution is 2.66. The minimum absolute atomic E-state index is 0.0134. The molecule has 3 saturated carbocycles. The Hall–Kier alpha value is -1.62. The fourth-order valence-corrected chi connectivity index (χ4v) is 8.15. The average molecular weight is 415 g/mol. The van der Waals surface area contributed by atoms with Crippen molar-refractivity contribution < 1.29 is 24.2 Å². The van der Waals surface area contributed by atoms with Gasteiger partial charge < -0.3 is 14.6 Å². The van der Waals surface area contributed by atoms with Gasteiger partial charge in [0.2, 0.25) is 0 Å². The summed E-state index contributed by atoms with van der Waals surface area (Å²) in [5.74, 6) is 1.47. The van der Waals surface area contributed by atoms with E-state index in [0.29, 0.717) is 30.3 Å². The minimum atomic E-state index is -0.194. The molecule has 30 heavy (non-hydrogen) atoms. The molecule has 3 fully saturated rings. The number of hydrogen-bond donors (Lipinski definition) is 1. The summed E-state index contributed by atoms with van der Waals surface area (Å²) < 4.78 is 10.8. The lowest BCUT2D eigenvalue weighted by Gasteiger charge is -2.60. The molecule has 7 atom stereocenters. The highest BCUT2D eigenvalue weighted by molar-refractivity contribution is 5.85. The van der Waals surface area contributed by atoms with Crippen LogP contribution in [0.4, 0.5) is 0 Å². The van der Waals surface area contributed by atoms with Crippen LogP contribution >= 0.6 is 0 Å². The second-order valence-corrected chi connectivity index (χ2v) is 10.6. The zero-order valence-electron chi connectivity index (χ0n) is 18.2. The van der Waals surface area contributed by atoms with Gasteiger partial charge in [-0.05, 0) is 91.4 Å². The van der Waals surface area contributed by atoms with Gasteiger partial charge in [-0.1, -0.05) is 18.6 Å². The quantitative estimate of drug-likeness (QED) is 0.559. The molecule has 0 saturated heterocycles. The van der Waals surface area contributed by atoms with Gasteiger partial charge in [-0.3, -0.25) is 4.79 Å². The van der Waals surface area contributed by atoms with Crippen LogP contribution < -0.4 is 0 Å². The van der Waals surface area contributed by atoms with Gasteiger partial charge in [0.1, 0.15) is 12.7 Å². The second-order valence-electron chi connectivity index (χ2n) is 10.6. The first kappa shape index (κ1) is 20.3. The summed E-state index contributed by atoms with van der Waals surface area (Å²) in [6.45, 7) is 4.58. The number of carbonyl (C=O) groups is 2. The number of aliphatic hydroxyl groups excluding tert-OH is 1. The van der Waals surface area contributed by atoms with Crippen molar-refractivity contribution in [3.8, 4) is 0 Å². The molecule has 0 bridgehead atoms. The largest absolute Gasteiger partial charge is 0.463 e. The molecule has 0 unspecified atom stereocenters. The van der Waals surface area contributed by atoms with Crippen molar-refractivity contribution in [1.29, 1.82) is 0 Å². The molecule has 0 aromatic rings. The third kappa shape index (κ3) is 2.91. The third-order valence-corrected chi connectivity index (χ3v) is 9.48. The molecule has 1 aliphatic heterocycles. The van der Waals surface area contributed by atoms with Crippen molar-refractivity contribution in [3.63, 3.8) is 0 Å². The first-order valence-electron chi connectivity index (χ1n) is 11.7. The molecule has 1 heterocycles. The summed E-state index contributed by atoms with van der Waals surface area (Å²) in [5, 5.41) is 10.7. The first-order valence-corrected chi connectivity index (χ1v) is 11.7. The Morgan fingerprint density at radius 2 is 2.10 bits per heavy atom. The highest BCUT2D eigenvalue weighted by atomic mass is 16.5. The van der Waals surface area contributed by atoms with E-state index in [4.69, 9.17) is 9.47 Å². The molecule has 5 nitrogen and oxygen atoms in total. The number of ether oxygens (including phenoxy) is 2.